The van der Waals surface area contributed by atoms with Crippen molar-refractivity contribution in [3.8, 4) is 0 Å². The molecule has 0 aliphatic heterocycles. The van der Waals surface area contributed by atoms with Crippen molar-refractivity contribution < 1.29 is 71.6 Å². The first-order chi connectivity index (χ1) is 64.4. The Balaban J connectivity index is 0.845. The van der Waals surface area contributed by atoms with Crippen LogP contribution in [0, 0.1) is 0 Å². The normalized spacial score (nSPS) is 11.7. The highest BCUT2D eigenvalue weighted by Crippen LogP contribution is 2.31. The average molecular weight is 1820 g/mol. The van der Waals surface area contributed by atoms with Gasteiger partial charge in [0, 0.05) is 59.8 Å². The van der Waals surface area contributed by atoms with Gasteiger partial charge in [-0.3, -0.25) is 24.0 Å². The summed E-state index contributed by atoms with van der Waals surface area (Å²) in [6.07, 6.45) is 3.90. The number of ether oxygens (including phenoxy) is 5. The molecule has 0 heterocycles. The second-order valence-electron chi connectivity index (χ2n) is 37.1. The summed E-state index contributed by atoms with van der Waals surface area (Å²) in [6, 6.07) is 81.9. The Morgan fingerprint density at radius 1 is 0.194 bits per heavy atom. The molecule has 0 saturated carbocycles. The minimum absolute atomic E-state index is 0.0823. The third-order valence-corrected chi connectivity index (χ3v) is 24.1. The van der Waals surface area contributed by atoms with E-state index < -0.39 is 86.5 Å². The van der Waals surface area contributed by atoms with Crippen LogP contribution in [0.5, 0.6) is 0 Å². The summed E-state index contributed by atoms with van der Waals surface area (Å²) in [5.74, 6) is -5.21. The molecule has 23 heteroatoms. The molecule has 134 heavy (non-hydrogen) atoms. The molecule has 0 spiro atoms. The van der Waals surface area contributed by atoms with Crippen molar-refractivity contribution in [1.29, 1.82) is 0 Å². The topological polar surface area (TPSA) is 287 Å². The highest BCUT2D eigenvalue weighted by Gasteiger charge is 2.32. The van der Waals surface area contributed by atoms with Gasteiger partial charge in [0.05, 0.1) is 55.6 Å². The SMILES string of the molecule is CC(C)(COC(=O)c1ccccc1C(=O)NCCCN(CCCNC(=O)c1ccccc1C(=O)OCC(C)(C)c1ccccc1)CCCN(CCCNC(=O)c1ccccc1C(=O)OCC(C)(C)c1ccccc1)CCCN(CCCNC(=O)c1ccccc1C(=O)OCC(C)(C)c1ccccc1)CCCNC(=O)c1ccccc1C(=O)OCC(C)(C)c1ccccc1)c1ccccc1. The maximum Gasteiger partial charge on any atom is 0.338 e. The Labute approximate surface area is 790 Å². The van der Waals surface area contributed by atoms with Gasteiger partial charge in [-0.15, -0.1) is 0 Å². The number of nitrogens with one attached hydrogen (secondary N) is 5. The first kappa shape index (κ1) is 103. The third-order valence-electron chi connectivity index (χ3n) is 24.1. The molecule has 10 rings (SSSR count). The molecule has 0 unspecified atom stereocenters. The van der Waals surface area contributed by atoms with Crippen molar-refractivity contribution in [3.63, 3.8) is 0 Å². The summed E-state index contributed by atoms with van der Waals surface area (Å²) in [5.41, 5.74) is 4.14. The lowest BCUT2D eigenvalue weighted by Gasteiger charge is -2.28. The van der Waals surface area contributed by atoms with Gasteiger partial charge in [-0.05, 0) is 192 Å². The summed E-state index contributed by atoms with van der Waals surface area (Å²) in [7, 11) is 0. The molecule has 0 aliphatic rings. The van der Waals surface area contributed by atoms with Crippen molar-refractivity contribution in [2.45, 2.75) is 141 Å². The molecule has 0 atom stereocenters. The fraction of sp³-hybridized carbons (Fsp3) is 0.369. The fourth-order valence-electron chi connectivity index (χ4n) is 15.8. The number of hydrogen-bond donors (Lipinski definition) is 5. The van der Waals surface area contributed by atoms with E-state index in [1.54, 1.807) is 121 Å². The summed E-state index contributed by atoms with van der Waals surface area (Å²) in [6.45, 7) is 26.7. The number of amides is 5. The van der Waals surface area contributed by atoms with E-state index in [-0.39, 0.29) is 121 Å². The molecular weight excluding hydrogens is 1690 g/mol. The number of carbonyl (C=O) groups is 10. The van der Waals surface area contributed by atoms with Gasteiger partial charge >= 0.3 is 29.8 Å². The third kappa shape index (κ3) is 31.5. The highest BCUT2D eigenvalue weighted by atomic mass is 16.5. The maximum absolute atomic E-state index is 14.2. The first-order valence-corrected chi connectivity index (χ1v) is 46.6. The Morgan fingerprint density at radius 3 is 0.485 bits per heavy atom. The quantitative estimate of drug-likeness (QED) is 0.0134. The number of benzene rings is 10. The molecule has 0 aliphatic carbocycles. The van der Waals surface area contributed by atoms with E-state index in [0.717, 1.165) is 27.8 Å². The number of carbonyl (C=O) groups excluding carboxylic acids is 10. The molecule has 23 nitrogen and oxygen atoms in total. The molecule has 5 N–H and O–H groups in total. The lowest BCUT2D eigenvalue weighted by atomic mass is 9.85. The van der Waals surface area contributed by atoms with E-state index in [2.05, 4.69) is 41.3 Å². The zero-order chi connectivity index (χ0) is 95.9. The van der Waals surface area contributed by atoms with E-state index in [1.807, 2.05) is 221 Å². The van der Waals surface area contributed by atoms with Crippen molar-refractivity contribution in [3.05, 3.63) is 356 Å². The molecule has 0 aromatic heterocycles. The minimum atomic E-state index is -0.615. The number of nitrogens with zero attached hydrogens (tertiary/aromatic N) is 3. The van der Waals surface area contributed by atoms with Crippen LogP contribution >= 0.6 is 0 Å². The largest absolute Gasteiger partial charge is 0.461 e. The Morgan fingerprint density at radius 2 is 0.328 bits per heavy atom. The van der Waals surface area contributed by atoms with E-state index >= 15 is 0 Å². The monoisotopic (exact) mass is 1820 g/mol. The average Bonchev–Trinajstić information content (AvgIpc) is 0.831. The molecule has 706 valence electrons. The van der Waals surface area contributed by atoms with E-state index in [0.29, 0.717) is 104 Å². The fourth-order valence-corrected chi connectivity index (χ4v) is 15.8. The zero-order valence-electron chi connectivity index (χ0n) is 79.3. The molecular formula is C111H132N8O15. The van der Waals surface area contributed by atoms with Crippen LogP contribution in [-0.2, 0) is 50.8 Å². The lowest BCUT2D eigenvalue weighted by Crippen LogP contribution is -2.37. The second-order valence-corrected chi connectivity index (χ2v) is 37.1. The second kappa shape index (κ2) is 51.1. The zero-order valence-corrected chi connectivity index (χ0v) is 79.3. The number of esters is 5. The predicted molar refractivity (Wildman–Crippen MR) is 524 cm³/mol. The van der Waals surface area contributed by atoms with Gasteiger partial charge < -0.3 is 65.0 Å². The molecule has 0 radical (unpaired) electrons. The van der Waals surface area contributed by atoms with Gasteiger partial charge in [-0.2, -0.15) is 0 Å². The van der Waals surface area contributed by atoms with Crippen molar-refractivity contribution in [2.24, 2.45) is 0 Å². The van der Waals surface area contributed by atoms with Crippen LogP contribution in [0.2, 0.25) is 0 Å². The van der Waals surface area contributed by atoms with Crippen LogP contribution in [0.1, 0.15) is 246 Å². The van der Waals surface area contributed by atoms with Gasteiger partial charge in [0.25, 0.3) is 29.5 Å². The number of rotatable bonds is 53. The van der Waals surface area contributed by atoms with E-state index in [1.165, 1.54) is 0 Å². The van der Waals surface area contributed by atoms with Crippen LogP contribution < -0.4 is 26.6 Å². The first-order valence-electron chi connectivity index (χ1n) is 46.6. The van der Waals surface area contributed by atoms with Gasteiger partial charge in [-0.1, -0.05) is 282 Å². The predicted octanol–water partition coefficient (Wildman–Crippen LogP) is 17.4. The molecule has 10 aromatic rings. The minimum Gasteiger partial charge on any atom is -0.461 e. The maximum atomic E-state index is 14.2. The van der Waals surface area contributed by atoms with E-state index in [9.17, 15) is 47.9 Å². The van der Waals surface area contributed by atoms with E-state index in [4.69, 9.17) is 23.7 Å². The van der Waals surface area contributed by atoms with Gasteiger partial charge in [-0.25, -0.2) is 24.0 Å². The van der Waals surface area contributed by atoms with Crippen molar-refractivity contribution in [2.75, 3.05) is 125 Å². The molecule has 0 bridgehead atoms. The summed E-state index contributed by atoms with van der Waals surface area (Å²) >= 11 is 0. The number of hydrogen-bond acceptors (Lipinski definition) is 18. The highest BCUT2D eigenvalue weighted by molar-refractivity contribution is 6.08. The Bertz CT molecular complexity index is 4960. The Hall–Kier alpha value is -13.2. The summed E-state index contributed by atoms with van der Waals surface area (Å²) < 4.78 is 29.4. The van der Waals surface area contributed by atoms with Crippen molar-refractivity contribution >= 4 is 59.4 Å². The smallest absolute Gasteiger partial charge is 0.338 e. The van der Waals surface area contributed by atoms with Crippen LogP contribution in [0.25, 0.3) is 0 Å². The van der Waals surface area contributed by atoms with Crippen molar-refractivity contribution in [1.82, 2.24) is 41.3 Å². The van der Waals surface area contributed by atoms with Gasteiger partial charge in [0.2, 0.25) is 0 Å². The van der Waals surface area contributed by atoms with Crippen LogP contribution in [0.3, 0.4) is 0 Å². The molecule has 5 amide bonds. The standard InChI is InChI=1S/C111H132N8O15/c1-107(2,82-43-16-11-17-44-82)77-130-102(125)92-58-31-26-53-87(92)97(120)112-63-36-68-117(69-37-64-113-98(121)88-54-27-32-59-93(88)103(126)131-78-108(3,4)83-45-18-12-19-46-83)73-41-75-119(72-40-67-116-101(124)91-57-30-35-62-96(91)106(129)134-81-111(9,10)86-51-24-15-25-52-86)76-42-74-118(70-38-65-114-99(122)89-55-28-33-60-94(89)104(127)132-79-109(5,6)84-47-20-13-21-48-84)71-39-66-115-100(123)90-56-29-34-61-95(90)105(128)133-80-110(7,8)85-49-22-14-23-50-85/h11-35,43-62H,36-42,63-81H2,1-10H3,(H,112,120)(H,113,121)(H,114,122)(H,115,123)(H,116,124). The summed E-state index contributed by atoms with van der Waals surface area (Å²) in [4.78, 5) is 147. The summed E-state index contributed by atoms with van der Waals surface area (Å²) in [5, 5.41) is 15.3. The van der Waals surface area contributed by atoms with Crippen LogP contribution in [0.4, 0.5) is 0 Å². The molecule has 10 aromatic carbocycles. The van der Waals surface area contributed by atoms with Gasteiger partial charge in [0.15, 0.2) is 0 Å². The van der Waals surface area contributed by atoms with Gasteiger partial charge in [0.1, 0.15) is 33.0 Å². The van der Waals surface area contributed by atoms with Crippen LogP contribution in [-0.4, -0.2) is 199 Å². The Kier molecular flexibility index (Phi) is 39.3. The lowest BCUT2D eigenvalue weighted by molar-refractivity contribution is 0.0417. The molecule has 0 saturated heterocycles. The molecule has 0 fully saturated rings. The van der Waals surface area contributed by atoms with Crippen LogP contribution in [0.15, 0.2) is 273 Å².